The van der Waals surface area contributed by atoms with Crippen LogP contribution in [-0.4, -0.2) is 16.0 Å². The number of fused-ring (bicyclic) bond motifs is 1. The Bertz CT molecular complexity index is 658. The smallest absolute Gasteiger partial charge is 0.363 e. The molecular weight excluding hydrogens is 291 g/mol. The second-order valence-electron chi connectivity index (χ2n) is 5.70. The standard InChI is InChI=1S/C16H18F3N3/c1-3-11-4-6-12(7-5-11)13-9-14(16(17,18)19)22-15(20-13)8-10(2)21-22/h4-8,13-14,20H,3,9H2,1-2H3/t13-,14+/m0/s1. The molecule has 1 aliphatic heterocycles. The molecule has 6 heteroatoms. The lowest BCUT2D eigenvalue weighted by atomic mass is 9.96. The lowest BCUT2D eigenvalue weighted by Crippen LogP contribution is -2.35. The SMILES string of the molecule is CCc1ccc([C@@H]2C[C@H](C(F)(F)F)n3nc(C)cc3N2)cc1. The summed E-state index contributed by atoms with van der Waals surface area (Å²) in [4.78, 5) is 0. The van der Waals surface area contributed by atoms with Gasteiger partial charge in [0, 0.05) is 12.5 Å². The Morgan fingerprint density at radius 2 is 1.95 bits per heavy atom. The Balaban J connectivity index is 1.95. The summed E-state index contributed by atoms with van der Waals surface area (Å²) < 4.78 is 41.1. The van der Waals surface area contributed by atoms with Crippen LogP contribution in [0.5, 0.6) is 0 Å². The molecule has 0 amide bonds. The van der Waals surface area contributed by atoms with Crippen molar-refractivity contribution in [2.75, 3.05) is 5.32 Å². The summed E-state index contributed by atoms with van der Waals surface area (Å²) in [6.07, 6.45) is -3.45. The second-order valence-corrected chi connectivity index (χ2v) is 5.70. The summed E-state index contributed by atoms with van der Waals surface area (Å²) >= 11 is 0. The lowest BCUT2D eigenvalue weighted by Gasteiger charge is -2.33. The van der Waals surface area contributed by atoms with Crippen LogP contribution in [0.1, 0.15) is 42.2 Å². The average molecular weight is 309 g/mol. The van der Waals surface area contributed by atoms with Crippen molar-refractivity contribution in [2.24, 2.45) is 0 Å². The van der Waals surface area contributed by atoms with Gasteiger partial charge in [-0.3, -0.25) is 0 Å². The van der Waals surface area contributed by atoms with Gasteiger partial charge < -0.3 is 5.32 Å². The van der Waals surface area contributed by atoms with Crippen LogP contribution < -0.4 is 5.32 Å². The van der Waals surface area contributed by atoms with Crippen LogP contribution in [0.25, 0.3) is 0 Å². The number of nitrogens with one attached hydrogen (secondary N) is 1. The molecule has 0 saturated heterocycles. The van der Waals surface area contributed by atoms with Crippen LogP contribution in [0.4, 0.5) is 19.0 Å². The van der Waals surface area contributed by atoms with E-state index in [1.165, 1.54) is 5.56 Å². The number of hydrogen-bond acceptors (Lipinski definition) is 2. The molecule has 1 aromatic carbocycles. The summed E-state index contributed by atoms with van der Waals surface area (Å²) in [5.41, 5.74) is 2.63. The van der Waals surface area contributed by atoms with Crippen molar-refractivity contribution >= 4 is 5.82 Å². The van der Waals surface area contributed by atoms with Gasteiger partial charge in [0.15, 0.2) is 6.04 Å². The van der Waals surface area contributed by atoms with Crippen molar-refractivity contribution in [3.63, 3.8) is 0 Å². The van der Waals surface area contributed by atoms with E-state index in [2.05, 4.69) is 17.3 Å². The molecule has 118 valence electrons. The van der Waals surface area contributed by atoms with Crippen LogP contribution >= 0.6 is 0 Å². The third kappa shape index (κ3) is 2.69. The summed E-state index contributed by atoms with van der Waals surface area (Å²) in [5, 5.41) is 7.16. The molecule has 0 aliphatic carbocycles. The van der Waals surface area contributed by atoms with Gasteiger partial charge >= 0.3 is 6.18 Å². The molecule has 0 bridgehead atoms. The molecule has 3 nitrogen and oxygen atoms in total. The van der Waals surface area contributed by atoms with Crippen molar-refractivity contribution in [2.45, 2.75) is 44.9 Å². The minimum atomic E-state index is -4.31. The van der Waals surface area contributed by atoms with Gasteiger partial charge in [0.1, 0.15) is 5.82 Å². The Morgan fingerprint density at radius 1 is 1.27 bits per heavy atom. The first-order valence-corrected chi connectivity index (χ1v) is 7.36. The highest BCUT2D eigenvalue weighted by Crippen LogP contribution is 2.43. The van der Waals surface area contributed by atoms with Gasteiger partial charge in [-0.25, -0.2) is 4.68 Å². The molecule has 0 radical (unpaired) electrons. The minimum absolute atomic E-state index is 0.0525. The van der Waals surface area contributed by atoms with Crippen LogP contribution in [-0.2, 0) is 6.42 Å². The Hall–Kier alpha value is -1.98. The van der Waals surface area contributed by atoms with Crippen molar-refractivity contribution in [3.05, 3.63) is 47.2 Å². The Kier molecular flexibility index (Phi) is 3.62. The zero-order chi connectivity index (χ0) is 15.9. The fourth-order valence-corrected chi connectivity index (χ4v) is 2.90. The molecule has 1 N–H and O–H groups in total. The zero-order valence-electron chi connectivity index (χ0n) is 12.5. The van der Waals surface area contributed by atoms with E-state index < -0.39 is 12.2 Å². The lowest BCUT2D eigenvalue weighted by molar-refractivity contribution is -0.173. The molecular formula is C16H18F3N3. The van der Waals surface area contributed by atoms with Gasteiger partial charge in [-0.1, -0.05) is 31.2 Å². The van der Waals surface area contributed by atoms with E-state index in [9.17, 15) is 13.2 Å². The summed E-state index contributed by atoms with van der Waals surface area (Å²) in [5.74, 6) is 0.427. The fourth-order valence-electron chi connectivity index (χ4n) is 2.90. The fraction of sp³-hybridized carbons (Fsp3) is 0.438. The van der Waals surface area contributed by atoms with Crippen LogP contribution in [0, 0.1) is 6.92 Å². The van der Waals surface area contributed by atoms with Crippen molar-refractivity contribution in [1.29, 1.82) is 0 Å². The Labute approximate surface area is 127 Å². The highest BCUT2D eigenvalue weighted by molar-refractivity contribution is 5.43. The number of rotatable bonds is 2. The molecule has 3 rings (SSSR count). The predicted octanol–water partition coefficient (Wildman–Crippen LogP) is 4.41. The molecule has 22 heavy (non-hydrogen) atoms. The van der Waals surface area contributed by atoms with E-state index in [1.807, 2.05) is 24.3 Å². The molecule has 0 fully saturated rings. The van der Waals surface area contributed by atoms with Crippen molar-refractivity contribution in [1.82, 2.24) is 9.78 Å². The molecule has 1 aliphatic rings. The number of alkyl halides is 3. The van der Waals surface area contributed by atoms with Gasteiger partial charge in [-0.15, -0.1) is 0 Å². The maximum absolute atomic E-state index is 13.3. The second kappa shape index (κ2) is 5.34. The van der Waals surface area contributed by atoms with E-state index in [0.717, 1.165) is 16.7 Å². The molecule has 0 spiro atoms. The van der Waals surface area contributed by atoms with Crippen LogP contribution in [0.2, 0.25) is 0 Å². The third-order valence-corrected chi connectivity index (χ3v) is 4.10. The van der Waals surface area contributed by atoms with Gasteiger partial charge in [0.2, 0.25) is 0 Å². The van der Waals surface area contributed by atoms with Crippen molar-refractivity contribution in [3.8, 4) is 0 Å². The van der Waals surface area contributed by atoms with E-state index in [1.54, 1.807) is 13.0 Å². The number of halogens is 3. The Morgan fingerprint density at radius 3 is 2.55 bits per heavy atom. The first kappa shape index (κ1) is 14.9. The van der Waals surface area contributed by atoms with Gasteiger partial charge in [0.05, 0.1) is 11.7 Å². The summed E-state index contributed by atoms with van der Waals surface area (Å²) in [6.45, 7) is 3.75. The monoisotopic (exact) mass is 309 g/mol. The zero-order valence-corrected chi connectivity index (χ0v) is 12.5. The topological polar surface area (TPSA) is 29.9 Å². The molecule has 2 aromatic rings. The molecule has 0 saturated carbocycles. The minimum Gasteiger partial charge on any atom is -0.363 e. The van der Waals surface area contributed by atoms with Crippen LogP contribution in [0.3, 0.4) is 0 Å². The molecule has 2 heterocycles. The normalized spacial score (nSPS) is 21.3. The largest absolute Gasteiger partial charge is 0.410 e. The van der Waals surface area contributed by atoms with E-state index >= 15 is 0 Å². The first-order chi connectivity index (χ1) is 10.4. The summed E-state index contributed by atoms with van der Waals surface area (Å²) in [6, 6.07) is 7.46. The molecule has 0 unspecified atom stereocenters. The van der Waals surface area contributed by atoms with Crippen molar-refractivity contribution < 1.29 is 13.2 Å². The maximum Gasteiger partial charge on any atom is 0.410 e. The van der Waals surface area contributed by atoms with Gasteiger partial charge in [-0.2, -0.15) is 18.3 Å². The van der Waals surface area contributed by atoms with E-state index in [4.69, 9.17) is 0 Å². The average Bonchev–Trinajstić information content (AvgIpc) is 2.85. The maximum atomic E-state index is 13.3. The number of aryl methyl sites for hydroxylation is 2. The van der Waals surface area contributed by atoms with Gasteiger partial charge in [0.25, 0.3) is 0 Å². The number of hydrogen-bond donors (Lipinski definition) is 1. The van der Waals surface area contributed by atoms with E-state index in [0.29, 0.717) is 11.5 Å². The molecule has 2 atom stereocenters. The van der Waals surface area contributed by atoms with Crippen LogP contribution in [0.15, 0.2) is 30.3 Å². The number of nitrogens with zero attached hydrogens (tertiary/aromatic N) is 2. The van der Waals surface area contributed by atoms with E-state index in [-0.39, 0.29) is 12.5 Å². The number of anilines is 1. The number of benzene rings is 1. The quantitative estimate of drug-likeness (QED) is 0.890. The highest BCUT2D eigenvalue weighted by Gasteiger charge is 2.46. The van der Waals surface area contributed by atoms with Gasteiger partial charge in [-0.05, 0) is 24.5 Å². The molecule has 1 aromatic heterocycles. The third-order valence-electron chi connectivity index (χ3n) is 4.10. The summed E-state index contributed by atoms with van der Waals surface area (Å²) in [7, 11) is 0. The first-order valence-electron chi connectivity index (χ1n) is 7.36. The number of aromatic nitrogens is 2. The highest BCUT2D eigenvalue weighted by atomic mass is 19.4. The predicted molar refractivity (Wildman–Crippen MR) is 78.9 cm³/mol.